The molecular weight excluding hydrogens is 286 g/mol. The Morgan fingerprint density at radius 1 is 1.33 bits per heavy atom. The highest BCUT2D eigenvalue weighted by atomic mass is 35.5. The van der Waals surface area contributed by atoms with Crippen molar-refractivity contribution in [3.63, 3.8) is 0 Å². The van der Waals surface area contributed by atoms with E-state index in [1.165, 1.54) is 0 Å². The number of amides is 1. The van der Waals surface area contributed by atoms with Gasteiger partial charge in [-0.3, -0.25) is 4.79 Å². The van der Waals surface area contributed by atoms with Crippen molar-refractivity contribution in [2.45, 2.75) is 13.0 Å². The number of hydrogen-bond donors (Lipinski definition) is 2. The van der Waals surface area contributed by atoms with Crippen LogP contribution in [0.3, 0.4) is 0 Å². The topological polar surface area (TPSA) is 78.9 Å². The Hall–Kier alpha value is -2.51. The van der Waals surface area contributed by atoms with E-state index in [2.05, 4.69) is 11.4 Å². The molecule has 2 aromatic rings. The van der Waals surface area contributed by atoms with Gasteiger partial charge in [-0.15, -0.1) is 0 Å². The van der Waals surface area contributed by atoms with E-state index >= 15 is 0 Å². The molecule has 0 bridgehead atoms. The molecule has 3 N–H and O–H groups in total. The molecule has 0 saturated carbocycles. The van der Waals surface area contributed by atoms with Gasteiger partial charge < -0.3 is 11.1 Å². The predicted octanol–water partition coefficient (Wildman–Crippen LogP) is 3.48. The molecule has 0 aliphatic carbocycles. The average molecular weight is 300 g/mol. The molecular formula is C16H14ClN3O. The van der Waals surface area contributed by atoms with E-state index in [-0.39, 0.29) is 6.04 Å². The molecule has 0 fully saturated rings. The first kappa shape index (κ1) is 14.9. The highest BCUT2D eigenvalue weighted by Crippen LogP contribution is 2.24. The van der Waals surface area contributed by atoms with Crippen LogP contribution >= 0.6 is 11.6 Å². The average Bonchev–Trinajstić information content (AvgIpc) is 2.47. The number of primary amides is 1. The molecule has 0 aliphatic rings. The second kappa shape index (κ2) is 6.29. The lowest BCUT2D eigenvalue weighted by Gasteiger charge is -2.16. The summed E-state index contributed by atoms with van der Waals surface area (Å²) in [4.78, 5) is 11.1. The number of carbonyl (C=O) groups is 1. The minimum Gasteiger partial charge on any atom is -0.378 e. The van der Waals surface area contributed by atoms with E-state index in [0.29, 0.717) is 16.1 Å². The number of carbonyl (C=O) groups excluding carboxylic acids is 1. The Balaban J connectivity index is 2.19. The van der Waals surface area contributed by atoms with E-state index in [9.17, 15) is 4.79 Å². The highest BCUT2D eigenvalue weighted by Gasteiger charge is 2.10. The third kappa shape index (κ3) is 3.53. The first-order valence-corrected chi connectivity index (χ1v) is 6.75. The fourth-order valence-corrected chi connectivity index (χ4v) is 2.29. The van der Waals surface area contributed by atoms with Crippen LogP contribution in [0.15, 0.2) is 42.5 Å². The zero-order valence-corrected chi connectivity index (χ0v) is 12.2. The summed E-state index contributed by atoms with van der Waals surface area (Å²) < 4.78 is 0. The summed E-state index contributed by atoms with van der Waals surface area (Å²) in [6.45, 7) is 1.98. The molecule has 2 aromatic carbocycles. The number of anilines is 1. The van der Waals surface area contributed by atoms with Crippen LogP contribution in [0.4, 0.5) is 5.69 Å². The molecule has 21 heavy (non-hydrogen) atoms. The SMILES string of the molecule is CC(Nc1ccc(C(N)=O)c(Cl)c1)c1cccc(C#N)c1. The molecule has 0 saturated heterocycles. The van der Waals surface area contributed by atoms with Crippen LogP contribution in [0, 0.1) is 11.3 Å². The molecule has 1 unspecified atom stereocenters. The van der Waals surface area contributed by atoms with Crippen LogP contribution in [-0.4, -0.2) is 5.91 Å². The Labute approximate surface area is 128 Å². The number of rotatable bonds is 4. The molecule has 0 heterocycles. The third-order valence-electron chi connectivity index (χ3n) is 3.13. The quantitative estimate of drug-likeness (QED) is 0.907. The number of benzene rings is 2. The maximum absolute atomic E-state index is 11.1. The van der Waals surface area contributed by atoms with E-state index in [1.54, 1.807) is 24.3 Å². The molecule has 1 amide bonds. The van der Waals surface area contributed by atoms with Gasteiger partial charge in [-0.2, -0.15) is 5.26 Å². The Bertz CT molecular complexity index is 722. The van der Waals surface area contributed by atoms with Gasteiger partial charge in [0.25, 0.3) is 0 Å². The van der Waals surface area contributed by atoms with Crippen LogP contribution in [-0.2, 0) is 0 Å². The van der Waals surface area contributed by atoms with E-state index < -0.39 is 5.91 Å². The normalized spacial score (nSPS) is 11.5. The van der Waals surface area contributed by atoms with Crippen molar-refractivity contribution in [2.75, 3.05) is 5.32 Å². The third-order valence-corrected chi connectivity index (χ3v) is 3.45. The zero-order valence-electron chi connectivity index (χ0n) is 11.4. The Morgan fingerprint density at radius 2 is 2.10 bits per heavy atom. The van der Waals surface area contributed by atoms with Crippen LogP contribution < -0.4 is 11.1 Å². The molecule has 2 rings (SSSR count). The molecule has 106 valence electrons. The maximum atomic E-state index is 11.1. The largest absolute Gasteiger partial charge is 0.378 e. The van der Waals surface area contributed by atoms with Crippen molar-refractivity contribution in [3.8, 4) is 6.07 Å². The summed E-state index contributed by atoms with van der Waals surface area (Å²) in [6.07, 6.45) is 0. The number of nitriles is 1. The summed E-state index contributed by atoms with van der Waals surface area (Å²) in [5.74, 6) is -0.554. The molecule has 0 radical (unpaired) electrons. The van der Waals surface area contributed by atoms with Gasteiger partial charge in [0, 0.05) is 11.7 Å². The minimum atomic E-state index is -0.554. The van der Waals surface area contributed by atoms with Gasteiger partial charge in [-0.05, 0) is 42.8 Å². The number of nitrogens with one attached hydrogen (secondary N) is 1. The molecule has 1 atom stereocenters. The lowest BCUT2D eigenvalue weighted by atomic mass is 10.1. The minimum absolute atomic E-state index is 0.00575. The predicted molar refractivity (Wildman–Crippen MR) is 83.2 cm³/mol. The fraction of sp³-hybridized carbons (Fsp3) is 0.125. The summed E-state index contributed by atoms with van der Waals surface area (Å²) in [6, 6.07) is 14.5. The van der Waals surface area contributed by atoms with Crippen molar-refractivity contribution in [1.29, 1.82) is 5.26 Å². The monoisotopic (exact) mass is 299 g/mol. The Kier molecular flexibility index (Phi) is 4.46. The second-order valence-corrected chi connectivity index (χ2v) is 5.07. The first-order chi connectivity index (χ1) is 10.0. The van der Waals surface area contributed by atoms with Crippen LogP contribution in [0.5, 0.6) is 0 Å². The summed E-state index contributed by atoms with van der Waals surface area (Å²) in [5.41, 5.74) is 7.89. The van der Waals surface area contributed by atoms with Crippen molar-refractivity contribution in [1.82, 2.24) is 0 Å². The number of halogens is 1. The molecule has 0 aliphatic heterocycles. The van der Waals surface area contributed by atoms with Crippen LogP contribution in [0.1, 0.15) is 34.5 Å². The van der Waals surface area contributed by atoms with Gasteiger partial charge in [-0.25, -0.2) is 0 Å². The first-order valence-electron chi connectivity index (χ1n) is 6.37. The smallest absolute Gasteiger partial charge is 0.250 e. The molecule has 0 aromatic heterocycles. The van der Waals surface area contributed by atoms with Gasteiger partial charge >= 0.3 is 0 Å². The lowest BCUT2D eigenvalue weighted by molar-refractivity contribution is 0.100. The van der Waals surface area contributed by atoms with Crippen molar-refractivity contribution in [3.05, 3.63) is 64.2 Å². The van der Waals surface area contributed by atoms with Gasteiger partial charge in [0.1, 0.15) is 0 Å². The van der Waals surface area contributed by atoms with Crippen LogP contribution in [0.25, 0.3) is 0 Å². The summed E-state index contributed by atoms with van der Waals surface area (Å²) in [7, 11) is 0. The Morgan fingerprint density at radius 3 is 2.71 bits per heavy atom. The van der Waals surface area contributed by atoms with Crippen LogP contribution in [0.2, 0.25) is 5.02 Å². The highest BCUT2D eigenvalue weighted by molar-refractivity contribution is 6.34. The molecule has 0 spiro atoms. The van der Waals surface area contributed by atoms with E-state index in [4.69, 9.17) is 22.6 Å². The summed E-state index contributed by atoms with van der Waals surface area (Å²) in [5, 5.41) is 12.5. The fourth-order valence-electron chi connectivity index (χ4n) is 2.02. The second-order valence-electron chi connectivity index (χ2n) is 4.66. The standard InChI is InChI=1S/C16H14ClN3O/c1-10(12-4-2-3-11(7-12)9-18)20-13-5-6-14(16(19)21)15(17)8-13/h2-8,10,20H,1H3,(H2,19,21). The molecule has 5 heteroatoms. The molecule has 4 nitrogen and oxygen atoms in total. The van der Waals surface area contributed by atoms with E-state index in [0.717, 1.165) is 11.3 Å². The van der Waals surface area contributed by atoms with Gasteiger partial charge in [-0.1, -0.05) is 23.7 Å². The maximum Gasteiger partial charge on any atom is 0.250 e. The van der Waals surface area contributed by atoms with E-state index in [1.807, 2.05) is 25.1 Å². The number of nitrogens with zero attached hydrogens (tertiary/aromatic N) is 1. The van der Waals surface area contributed by atoms with Crippen molar-refractivity contribution < 1.29 is 4.79 Å². The summed E-state index contributed by atoms with van der Waals surface area (Å²) >= 11 is 6.02. The lowest BCUT2D eigenvalue weighted by Crippen LogP contribution is -2.12. The van der Waals surface area contributed by atoms with Crippen molar-refractivity contribution >= 4 is 23.2 Å². The van der Waals surface area contributed by atoms with Gasteiger partial charge in [0.15, 0.2) is 0 Å². The zero-order chi connectivity index (χ0) is 15.4. The van der Waals surface area contributed by atoms with Gasteiger partial charge in [0.2, 0.25) is 5.91 Å². The van der Waals surface area contributed by atoms with Gasteiger partial charge in [0.05, 0.1) is 22.2 Å². The number of hydrogen-bond acceptors (Lipinski definition) is 3. The number of nitrogens with two attached hydrogens (primary N) is 1. The van der Waals surface area contributed by atoms with Crippen molar-refractivity contribution in [2.24, 2.45) is 5.73 Å².